The van der Waals surface area contributed by atoms with E-state index >= 15 is 0 Å². The van der Waals surface area contributed by atoms with E-state index in [2.05, 4.69) is 26.8 Å². The van der Waals surface area contributed by atoms with Gasteiger partial charge in [-0.25, -0.2) is 9.37 Å². The molecule has 0 amide bonds. The first kappa shape index (κ1) is 26.7. The molecular weight excluding hydrogens is 524 g/mol. The zero-order valence-corrected chi connectivity index (χ0v) is 21.2. The van der Waals surface area contributed by atoms with Crippen LogP contribution in [0.2, 0.25) is 0 Å². The van der Waals surface area contributed by atoms with Crippen molar-refractivity contribution in [1.29, 1.82) is 0 Å². The second-order valence-corrected chi connectivity index (χ2v) is 8.88. The number of halogens is 4. The van der Waals surface area contributed by atoms with Crippen molar-refractivity contribution in [1.82, 2.24) is 19.5 Å². The maximum atomic E-state index is 13.3. The third kappa shape index (κ3) is 5.73. The normalized spacial score (nSPS) is 11.3. The van der Waals surface area contributed by atoms with Crippen molar-refractivity contribution in [3.8, 4) is 40.4 Å². The molecule has 3 aromatic carbocycles. The van der Waals surface area contributed by atoms with Gasteiger partial charge in [-0.05, 0) is 67.1 Å². The summed E-state index contributed by atoms with van der Waals surface area (Å²) >= 11 is 0. The molecule has 0 fully saturated rings. The van der Waals surface area contributed by atoms with Gasteiger partial charge in [0.25, 0.3) is 5.56 Å². The summed E-state index contributed by atoms with van der Waals surface area (Å²) in [4.78, 5) is 24.7. The predicted octanol–water partition coefficient (Wildman–Crippen LogP) is 6.45. The largest absolute Gasteiger partial charge is 0.481 e. The summed E-state index contributed by atoms with van der Waals surface area (Å²) in [6, 6.07) is 17.6. The lowest BCUT2D eigenvalue weighted by atomic mass is 10.1. The zero-order chi connectivity index (χ0) is 28.3. The Hall–Kier alpha value is -4.91. The highest BCUT2D eigenvalue weighted by Gasteiger charge is 2.31. The third-order valence-corrected chi connectivity index (χ3v) is 6.03. The number of alkyl halides is 3. The molecule has 0 radical (unpaired) electrons. The van der Waals surface area contributed by atoms with Crippen LogP contribution in [0.1, 0.15) is 24.5 Å². The lowest BCUT2D eigenvalue weighted by molar-refractivity contribution is -0.137. The van der Waals surface area contributed by atoms with E-state index in [1.807, 2.05) is 6.92 Å². The number of hydrogen-bond acceptors (Lipinski definition) is 4. The maximum absolute atomic E-state index is 13.3. The van der Waals surface area contributed by atoms with Gasteiger partial charge in [0.15, 0.2) is 11.2 Å². The first-order chi connectivity index (χ1) is 19.2. The van der Waals surface area contributed by atoms with E-state index in [0.717, 1.165) is 12.1 Å². The third-order valence-electron chi connectivity index (χ3n) is 6.03. The number of aryl methyl sites for hydroxylation is 1. The predicted molar refractivity (Wildman–Crippen MR) is 143 cm³/mol. The van der Waals surface area contributed by atoms with Gasteiger partial charge in [0.05, 0.1) is 5.56 Å². The highest BCUT2D eigenvalue weighted by atomic mass is 19.4. The number of nitrogens with zero attached hydrogens (tertiary/aromatic N) is 3. The van der Waals surface area contributed by atoms with E-state index in [4.69, 9.17) is 4.74 Å². The minimum atomic E-state index is -4.53. The molecule has 0 bridgehead atoms. The van der Waals surface area contributed by atoms with Crippen LogP contribution in [0.5, 0.6) is 5.75 Å². The SMILES string of the molecule is CCCn1c(-c2cccc(C(F)(F)F)c2)nc(=O)c2[nH]c(-c3ccc(OCC#Cc4ccc(F)cc4)cc3)nc21. The van der Waals surface area contributed by atoms with Crippen LogP contribution in [0.25, 0.3) is 33.9 Å². The van der Waals surface area contributed by atoms with Crippen LogP contribution >= 0.6 is 0 Å². The average Bonchev–Trinajstić information content (AvgIpc) is 3.40. The summed E-state index contributed by atoms with van der Waals surface area (Å²) in [6.07, 6.45) is -3.88. The molecule has 5 rings (SSSR count). The highest BCUT2D eigenvalue weighted by Crippen LogP contribution is 2.32. The molecule has 0 saturated heterocycles. The van der Waals surface area contributed by atoms with Gasteiger partial charge in [0, 0.05) is 23.2 Å². The summed E-state index contributed by atoms with van der Waals surface area (Å²) in [6.45, 7) is 2.43. The number of rotatable bonds is 6. The van der Waals surface area contributed by atoms with Gasteiger partial charge in [-0.1, -0.05) is 30.9 Å². The maximum Gasteiger partial charge on any atom is 0.416 e. The Labute approximate surface area is 226 Å². The smallest absolute Gasteiger partial charge is 0.416 e. The first-order valence-electron chi connectivity index (χ1n) is 12.4. The molecule has 2 aromatic heterocycles. The highest BCUT2D eigenvalue weighted by molar-refractivity contribution is 5.78. The summed E-state index contributed by atoms with van der Waals surface area (Å²) in [5.74, 6) is 6.52. The summed E-state index contributed by atoms with van der Waals surface area (Å²) in [5.41, 5.74) is 0.548. The van der Waals surface area contributed by atoms with Gasteiger partial charge in [-0.15, -0.1) is 0 Å². The number of benzene rings is 3. The fourth-order valence-corrected chi connectivity index (χ4v) is 4.15. The Morgan fingerprint density at radius 3 is 2.42 bits per heavy atom. The second kappa shape index (κ2) is 11.1. The van der Waals surface area contributed by atoms with Crippen molar-refractivity contribution in [3.63, 3.8) is 0 Å². The number of H-pyrrole nitrogens is 1. The molecule has 5 aromatic rings. The number of hydrogen-bond donors (Lipinski definition) is 1. The zero-order valence-electron chi connectivity index (χ0n) is 21.2. The fraction of sp³-hybridized carbons (Fsp3) is 0.167. The van der Waals surface area contributed by atoms with Crippen molar-refractivity contribution in [2.45, 2.75) is 26.1 Å². The van der Waals surface area contributed by atoms with E-state index in [1.54, 1.807) is 41.0 Å². The van der Waals surface area contributed by atoms with Crippen molar-refractivity contribution in [3.05, 3.63) is 100 Å². The molecule has 202 valence electrons. The molecule has 0 aliphatic carbocycles. The van der Waals surface area contributed by atoms with Gasteiger partial charge in [0.2, 0.25) is 0 Å². The van der Waals surface area contributed by atoms with Crippen LogP contribution in [0, 0.1) is 17.7 Å². The summed E-state index contributed by atoms with van der Waals surface area (Å²) in [5, 5.41) is 0. The van der Waals surface area contributed by atoms with Gasteiger partial charge in [-0.3, -0.25) is 4.79 Å². The van der Waals surface area contributed by atoms with Crippen LogP contribution in [0.3, 0.4) is 0 Å². The van der Waals surface area contributed by atoms with Crippen LogP contribution in [-0.2, 0) is 12.7 Å². The van der Waals surface area contributed by atoms with Crippen molar-refractivity contribution >= 4 is 11.2 Å². The minimum Gasteiger partial charge on any atom is -0.481 e. The van der Waals surface area contributed by atoms with E-state index in [9.17, 15) is 22.4 Å². The summed E-state index contributed by atoms with van der Waals surface area (Å²) < 4.78 is 60.3. The molecule has 0 aliphatic heterocycles. The van der Waals surface area contributed by atoms with E-state index in [0.29, 0.717) is 41.3 Å². The van der Waals surface area contributed by atoms with Gasteiger partial charge in [0.1, 0.15) is 29.8 Å². The Morgan fingerprint density at radius 1 is 0.975 bits per heavy atom. The van der Waals surface area contributed by atoms with E-state index in [-0.39, 0.29) is 29.3 Å². The van der Waals surface area contributed by atoms with Crippen LogP contribution in [0.4, 0.5) is 17.6 Å². The second-order valence-electron chi connectivity index (χ2n) is 8.88. The Bertz CT molecular complexity index is 1780. The first-order valence-corrected chi connectivity index (χ1v) is 12.4. The quantitative estimate of drug-likeness (QED) is 0.196. The molecule has 40 heavy (non-hydrogen) atoms. The molecule has 0 aliphatic rings. The van der Waals surface area contributed by atoms with Crippen molar-refractivity contribution in [2.24, 2.45) is 0 Å². The molecule has 1 N–H and O–H groups in total. The number of aromatic amines is 1. The van der Waals surface area contributed by atoms with Crippen LogP contribution < -0.4 is 10.3 Å². The molecular formula is C30H22F4N4O2. The van der Waals surface area contributed by atoms with E-state index in [1.165, 1.54) is 24.3 Å². The Balaban J connectivity index is 1.42. The molecule has 0 saturated carbocycles. The molecule has 2 heterocycles. The van der Waals surface area contributed by atoms with Crippen molar-refractivity contribution < 1.29 is 22.3 Å². The van der Waals surface area contributed by atoms with Crippen LogP contribution in [-0.4, -0.2) is 26.1 Å². The fourth-order valence-electron chi connectivity index (χ4n) is 4.15. The topological polar surface area (TPSA) is 72.8 Å². The van der Waals surface area contributed by atoms with E-state index < -0.39 is 17.3 Å². The number of nitrogens with one attached hydrogen (secondary N) is 1. The Morgan fingerprint density at radius 2 is 1.73 bits per heavy atom. The monoisotopic (exact) mass is 546 g/mol. The molecule has 10 heteroatoms. The van der Waals surface area contributed by atoms with Gasteiger partial charge < -0.3 is 14.3 Å². The number of ether oxygens (including phenoxy) is 1. The number of fused-ring (bicyclic) bond motifs is 1. The number of imidazole rings is 1. The van der Waals surface area contributed by atoms with Crippen LogP contribution in [0.15, 0.2) is 77.6 Å². The average molecular weight is 547 g/mol. The van der Waals surface area contributed by atoms with Gasteiger partial charge >= 0.3 is 6.18 Å². The minimum absolute atomic E-state index is 0.119. The Kier molecular flexibility index (Phi) is 7.38. The molecule has 0 spiro atoms. The summed E-state index contributed by atoms with van der Waals surface area (Å²) in [7, 11) is 0. The molecule has 0 atom stereocenters. The lowest BCUT2D eigenvalue weighted by Crippen LogP contribution is -2.17. The lowest BCUT2D eigenvalue weighted by Gasteiger charge is -2.14. The molecule has 6 nitrogen and oxygen atoms in total. The molecule has 0 unspecified atom stereocenters. The number of aromatic nitrogens is 4. The van der Waals surface area contributed by atoms with Crippen molar-refractivity contribution in [2.75, 3.05) is 6.61 Å². The standard InChI is InChI=1S/C30H22F4N4O2/c1-2-16-38-27(21-6-3-7-22(18-21)30(32,33)34)37-29(39)25-28(38)36-26(35-25)20-10-14-24(15-11-20)40-17-4-5-19-8-12-23(31)13-9-19/h3,6-15,18H,2,16-17H2,1H3,(H,35,36). The van der Waals surface area contributed by atoms with Gasteiger partial charge in [-0.2, -0.15) is 18.2 Å².